The van der Waals surface area contributed by atoms with Crippen molar-refractivity contribution in [1.29, 1.82) is 5.26 Å². The lowest BCUT2D eigenvalue weighted by molar-refractivity contribution is -0.137. The molecule has 17 heteroatoms. The van der Waals surface area contributed by atoms with Gasteiger partial charge in [-0.15, -0.1) is 0 Å². The first kappa shape index (κ1) is 42.6. The summed E-state index contributed by atoms with van der Waals surface area (Å²) in [4.78, 5) is 42.1. The number of hydrogen-bond acceptors (Lipinski definition) is 9. The number of nitriles is 1. The zero-order valence-corrected chi connectivity index (χ0v) is 32.7. The average Bonchev–Trinajstić information content (AvgIpc) is 3.20. The Morgan fingerprint density at radius 1 is 0.932 bits per heavy atom. The van der Waals surface area contributed by atoms with Crippen molar-refractivity contribution in [3.8, 4) is 6.07 Å². The van der Waals surface area contributed by atoms with Gasteiger partial charge in [0.1, 0.15) is 5.82 Å². The summed E-state index contributed by atoms with van der Waals surface area (Å²) >= 11 is 0. The lowest BCUT2D eigenvalue weighted by atomic mass is 10.0. The number of piperazine rings is 1. The zero-order chi connectivity index (χ0) is 42.5. The first-order valence-electron chi connectivity index (χ1n) is 18.7. The molecule has 1 atom stereocenters. The number of rotatable bonds is 13. The van der Waals surface area contributed by atoms with Gasteiger partial charge in [0.25, 0.3) is 17.4 Å². The van der Waals surface area contributed by atoms with Crippen molar-refractivity contribution in [3.05, 3.63) is 135 Å². The fraction of sp³-hybridized carbons (Fsp3) is 0.310. The molecular formula is C42H40F4N6O6S. The van der Waals surface area contributed by atoms with Crippen LogP contribution in [0.4, 0.5) is 23.2 Å². The lowest BCUT2D eigenvalue weighted by Crippen LogP contribution is -2.49. The quantitative estimate of drug-likeness (QED) is 0.102. The van der Waals surface area contributed by atoms with Crippen molar-refractivity contribution in [2.24, 2.45) is 0 Å². The third kappa shape index (κ3) is 10.2. The molecule has 4 aromatic carbocycles. The van der Waals surface area contributed by atoms with E-state index in [4.69, 9.17) is 5.26 Å². The fourth-order valence-electron chi connectivity index (χ4n) is 6.96. The minimum atomic E-state index is -4.88. The Balaban J connectivity index is 0.953. The van der Waals surface area contributed by atoms with Crippen molar-refractivity contribution < 1.29 is 40.7 Å². The van der Waals surface area contributed by atoms with Crippen LogP contribution in [0.15, 0.2) is 94.6 Å². The summed E-state index contributed by atoms with van der Waals surface area (Å²) in [6.07, 6.45) is -2.34. The van der Waals surface area contributed by atoms with Crippen LogP contribution in [-0.4, -0.2) is 89.4 Å². The van der Waals surface area contributed by atoms with Gasteiger partial charge in [-0.05, 0) is 92.4 Å². The first-order chi connectivity index (χ1) is 27.9. The Bertz CT molecular complexity index is 2580. The second-order valence-electron chi connectivity index (χ2n) is 14.6. The van der Waals surface area contributed by atoms with E-state index in [0.717, 1.165) is 44.0 Å². The maximum atomic E-state index is 14.9. The summed E-state index contributed by atoms with van der Waals surface area (Å²) in [5, 5.41) is 29.7. The number of fused-ring (bicyclic) bond motifs is 1. The van der Waals surface area contributed by atoms with E-state index in [2.05, 4.69) is 20.4 Å². The molecule has 1 saturated heterocycles. The minimum Gasteiger partial charge on any atom is -0.379 e. The van der Waals surface area contributed by atoms with Crippen LogP contribution >= 0.6 is 0 Å². The predicted octanol–water partition coefficient (Wildman–Crippen LogP) is 5.49. The molecular weight excluding hydrogens is 793 g/mol. The Labute approximate surface area is 337 Å². The van der Waals surface area contributed by atoms with E-state index >= 15 is 0 Å². The highest BCUT2D eigenvalue weighted by Gasteiger charge is 2.38. The number of aliphatic hydroxyl groups is 1. The number of sulfone groups is 1. The second-order valence-corrected chi connectivity index (χ2v) is 16.6. The highest BCUT2D eigenvalue weighted by atomic mass is 32.2. The molecule has 0 saturated carbocycles. The smallest absolute Gasteiger partial charge is 0.379 e. The maximum Gasteiger partial charge on any atom is 0.417 e. The third-order valence-corrected chi connectivity index (χ3v) is 12.1. The minimum absolute atomic E-state index is 0.0231. The molecule has 0 bridgehead atoms. The number of halogens is 4. The van der Waals surface area contributed by atoms with Gasteiger partial charge in [0.15, 0.2) is 15.4 Å². The van der Waals surface area contributed by atoms with Crippen molar-refractivity contribution in [2.75, 3.05) is 43.8 Å². The molecule has 0 aliphatic carbocycles. The van der Waals surface area contributed by atoms with E-state index in [1.807, 2.05) is 6.07 Å². The molecule has 6 rings (SSSR count). The number of aromatic nitrogens is 2. The van der Waals surface area contributed by atoms with Gasteiger partial charge in [-0.1, -0.05) is 36.4 Å². The van der Waals surface area contributed by atoms with Gasteiger partial charge in [-0.25, -0.2) is 17.9 Å². The monoisotopic (exact) mass is 832 g/mol. The highest BCUT2D eigenvalue weighted by molar-refractivity contribution is 7.91. The van der Waals surface area contributed by atoms with Crippen LogP contribution in [0.25, 0.3) is 10.8 Å². The maximum absolute atomic E-state index is 14.9. The molecule has 308 valence electrons. The summed E-state index contributed by atoms with van der Waals surface area (Å²) in [5.41, 5.74) is -3.01. The zero-order valence-electron chi connectivity index (χ0n) is 31.9. The Kier molecular flexibility index (Phi) is 12.6. The number of anilines is 1. The van der Waals surface area contributed by atoms with E-state index in [9.17, 15) is 45.5 Å². The Morgan fingerprint density at radius 3 is 2.29 bits per heavy atom. The molecule has 2 amide bonds. The summed E-state index contributed by atoms with van der Waals surface area (Å²) in [6.45, 7) is 3.77. The summed E-state index contributed by atoms with van der Waals surface area (Å²) in [6, 6.07) is 21.4. The summed E-state index contributed by atoms with van der Waals surface area (Å²) < 4.78 is 81.2. The van der Waals surface area contributed by atoms with E-state index in [1.165, 1.54) is 30.3 Å². The molecule has 1 aliphatic heterocycles. The Hall–Kier alpha value is -5.96. The fourth-order valence-corrected chi connectivity index (χ4v) is 8.55. The molecule has 1 fully saturated rings. The number of unbranched alkanes of at least 4 members (excludes halogenated alkanes) is 1. The predicted molar refractivity (Wildman–Crippen MR) is 211 cm³/mol. The van der Waals surface area contributed by atoms with Gasteiger partial charge in [0.2, 0.25) is 0 Å². The number of aromatic amines is 1. The van der Waals surface area contributed by atoms with Crippen LogP contribution in [0.5, 0.6) is 0 Å². The van der Waals surface area contributed by atoms with Crippen LogP contribution in [-0.2, 0) is 33.6 Å². The summed E-state index contributed by atoms with van der Waals surface area (Å²) in [7, 11) is -4.21. The van der Waals surface area contributed by atoms with Crippen LogP contribution < -0.4 is 10.9 Å². The molecule has 0 radical (unpaired) electrons. The van der Waals surface area contributed by atoms with Crippen LogP contribution in [0.2, 0.25) is 0 Å². The molecule has 3 N–H and O–H groups in total. The van der Waals surface area contributed by atoms with Gasteiger partial charge in [-0.2, -0.15) is 23.5 Å². The molecule has 1 aliphatic rings. The van der Waals surface area contributed by atoms with Crippen LogP contribution in [0.1, 0.15) is 58.1 Å². The molecule has 0 spiro atoms. The number of benzene rings is 4. The molecule has 12 nitrogen and oxygen atoms in total. The normalized spacial score (nSPS) is 14.8. The van der Waals surface area contributed by atoms with Crippen molar-refractivity contribution >= 4 is 38.1 Å². The summed E-state index contributed by atoms with van der Waals surface area (Å²) in [5.74, 6) is -3.29. The highest BCUT2D eigenvalue weighted by Crippen LogP contribution is 2.34. The van der Waals surface area contributed by atoms with E-state index in [0.29, 0.717) is 67.1 Å². The van der Waals surface area contributed by atoms with Crippen LogP contribution in [0, 0.1) is 17.1 Å². The van der Waals surface area contributed by atoms with Gasteiger partial charge in [0, 0.05) is 43.7 Å². The van der Waals surface area contributed by atoms with E-state index in [1.54, 1.807) is 41.3 Å². The molecule has 5 aromatic rings. The number of nitrogens with one attached hydrogen (secondary N) is 2. The SMILES string of the molecule is CC(O)(CS(=O)(=O)c1ccc(CCCCN2CCN(C(=O)c3cc(Cc4n[nH]c(=O)c5ccccc45)ccc3F)CC2)cc1)C(=O)Nc1ccc(C#N)c(C(F)(F)F)c1. The largest absolute Gasteiger partial charge is 0.417 e. The number of amides is 2. The number of carbonyl (C=O) groups is 2. The molecule has 2 heterocycles. The second kappa shape index (κ2) is 17.5. The topological polar surface area (TPSA) is 177 Å². The number of hydrogen-bond donors (Lipinski definition) is 3. The van der Waals surface area contributed by atoms with Crippen molar-refractivity contribution in [3.63, 3.8) is 0 Å². The van der Waals surface area contributed by atoms with Gasteiger partial charge in [0.05, 0.1) is 44.5 Å². The molecule has 59 heavy (non-hydrogen) atoms. The Morgan fingerprint density at radius 2 is 1.61 bits per heavy atom. The number of aryl methyl sites for hydroxylation is 1. The third-order valence-electron chi connectivity index (χ3n) is 10.2. The van der Waals surface area contributed by atoms with E-state index < -0.39 is 56.1 Å². The van der Waals surface area contributed by atoms with Crippen molar-refractivity contribution in [2.45, 2.75) is 49.3 Å². The van der Waals surface area contributed by atoms with Gasteiger partial charge >= 0.3 is 6.18 Å². The molecule has 1 aromatic heterocycles. The van der Waals surface area contributed by atoms with Gasteiger partial charge in [-0.3, -0.25) is 19.3 Å². The standard InChI is InChI=1S/C42H40F4N6O6S/c1-41(56,40(55)48-30-13-12-29(25-47)35(24-30)42(44,45)46)26-59(57,58)31-14-9-27(10-15-31)6-4-5-17-51-18-20-52(21-19-51)39(54)34-22-28(11-16-36(34)43)23-37-32-7-2-3-8-33(32)38(53)50-49-37/h2-3,7-16,22,24,56H,4-6,17-21,23,26H2,1H3,(H,48,55)(H,50,53). The number of H-pyrrole nitrogens is 1. The van der Waals surface area contributed by atoms with E-state index in [-0.39, 0.29) is 21.7 Å². The number of nitrogens with zero attached hydrogens (tertiary/aromatic N) is 4. The number of alkyl halides is 3. The molecule has 1 unspecified atom stereocenters. The first-order valence-corrected chi connectivity index (χ1v) is 20.3. The lowest BCUT2D eigenvalue weighted by Gasteiger charge is -2.35. The van der Waals surface area contributed by atoms with Crippen molar-refractivity contribution in [1.82, 2.24) is 20.0 Å². The van der Waals surface area contributed by atoms with Gasteiger partial charge < -0.3 is 15.3 Å². The average molecular weight is 833 g/mol. The number of carbonyl (C=O) groups excluding carboxylic acids is 2. The van der Waals surface area contributed by atoms with Crippen LogP contribution in [0.3, 0.4) is 0 Å².